The molecule has 0 aliphatic carbocycles. The molecule has 0 aliphatic rings. The molecule has 1 aromatic heterocycles. The highest BCUT2D eigenvalue weighted by atomic mass is 16.3. The van der Waals surface area contributed by atoms with Crippen LogP contribution in [0.3, 0.4) is 0 Å². The minimum absolute atomic E-state index is 0.0351. The van der Waals surface area contributed by atoms with E-state index in [0.717, 1.165) is 56.8 Å². The average molecular weight is 442 g/mol. The third kappa shape index (κ3) is 4.36. The Balaban J connectivity index is 1.82. The van der Waals surface area contributed by atoms with Gasteiger partial charge >= 0.3 is 0 Å². The number of hydrogen-bond donors (Lipinski definition) is 1. The van der Waals surface area contributed by atoms with E-state index >= 15 is 0 Å². The molecule has 170 valence electrons. The van der Waals surface area contributed by atoms with Crippen molar-refractivity contribution in [2.75, 3.05) is 6.54 Å². The Morgan fingerprint density at radius 1 is 0.970 bits per heavy atom. The molecule has 0 bridgehead atoms. The van der Waals surface area contributed by atoms with Gasteiger partial charge < -0.3 is 10.0 Å². The zero-order valence-corrected chi connectivity index (χ0v) is 20.0. The number of carbonyl (C=O) groups excluding carboxylic acids is 1. The van der Waals surface area contributed by atoms with Crippen molar-refractivity contribution in [1.29, 1.82) is 0 Å². The maximum absolute atomic E-state index is 13.7. The van der Waals surface area contributed by atoms with E-state index in [9.17, 15) is 9.90 Å². The van der Waals surface area contributed by atoms with Gasteiger partial charge in [0.05, 0.1) is 23.3 Å². The molecule has 0 unspecified atom stereocenters. The molecule has 1 amide bonds. The summed E-state index contributed by atoms with van der Waals surface area (Å²) < 4.78 is 2.11. The van der Waals surface area contributed by atoms with Crippen LogP contribution in [-0.2, 0) is 6.54 Å². The molecule has 4 aromatic rings. The number of rotatable bonds is 6. The van der Waals surface area contributed by atoms with E-state index < -0.39 is 0 Å². The van der Waals surface area contributed by atoms with Crippen molar-refractivity contribution >= 4 is 16.9 Å². The highest BCUT2D eigenvalue weighted by molar-refractivity contribution is 5.97. The van der Waals surface area contributed by atoms with Crippen LogP contribution in [0.2, 0.25) is 0 Å². The van der Waals surface area contributed by atoms with Crippen molar-refractivity contribution in [2.24, 2.45) is 0 Å². The molecule has 0 aliphatic heterocycles. The van der Waals surface area contributed by atoms with Crippen molar-refractivity contribution in [3.8, 4) is 11.4 Å². The summed E-state index contributed by atoms with van der Waals surface area (Å²) in [4.78, 5) is 20.5. The fraction of sp³-hybridized carbons (Fsp3) is 0.286. The van der Waals surface area contributed by atoms with E-state index in [1.807, 2.05) is 56.0 Å². The lowest BCUT2D eigenvalue weighted by Gasteiger charge is -2.25. The number of benzene rings is 3. The fourth-order valence-corrected chi connectivity index (χ4v) is 4.71. The van der Waals surface area contributed by atoms with Crippen LogP contribution in [0.5, 0.6) is 5.75 Å². The van der Waals surface area contributed by atoms with Crippen molar-refractivity contribution in [2.45, 2.75) is 47.6 Å². The minimum Gasteiger partial charge on any atom is -0.508 e. The minimum atomic E-state index is 0.0351. The van der Waals surface area contributed by atoms with Gasteiger partial charge in [-0.15, -0.1) is 0 Å². The second-order valence-corrected chi connectivity index (χ2v) is 8.82. The van der Waals surface area contributed by atoms with Crippen LogP contribution < -0.4 is 0 Å². The van der Waals surface area contributed by atoms with E-state index in [0.29, 0.717) is 13.1 Å². The molecular formula is C28H31N3O2. The molecule has 4 rings (SSSR count). The van der Waals surface area contributed by atoms with Crippen LogP contribution in [-0.4, -0.2) is 32.0 Å². The van der Waals surface area contributed by atoms with Crippen molar-refractivity contribution in [1.82, 2.24) is 14.5 Å². The topological polar surface area (TPSA) is 58.4 Å². The number of fused-ring (bicyclic) bond motifs is 1. The van der Waals surface area contributed by atoms with Crippen LogP contribution in [0.4, 0.5) is 0 Å². The molecule has 5 heteroatoms. The largest absolute Gasteiger partial charge is 0.508 e. The molecule has 3 aromatic carbocycles. The lowest BCUT2D eigenvalue weighted by molar-refractivity contribution is 0.0737. The third-order valence-corrected chi connectivity index (χ3v) is 6.06. The number of hydrogen-bond acceptors (Lipinski definition) is 3. The maximum Gasteiger partial charge on any atom is 0.254 e. The number of para-hydroxylation sites is 2. The molecule has 1 N–H and O–H groups in total. The molecule has 1 heterocycles. The van der Waals surface area contributed by atoms with E-state index in [-0.39, 0.29) is 11.7 Å². The average Bonchev–Trinajstić information content (AvgIpc) is 3.10. The lowest BCUT2D eigenvalue weighted by atomic mass is 9.98. The Morgan fingerprint density at radius 2 is 1.67 bits per heavy atom. The molecule has 0 atom stereocenters. The third-order valence-electron chi connectivity index (χ3n) is 6.06. The summed E-state index contributed by atoms with van der Waals surface area (Å²) in [5, 5.41) is 9.93. The van der Waals surface area contributed by atoms with E-state index in [1.165, 1.54) is 0 Å². The van der Waals surface area contributed by atoms with E-state index in [1.54, 1.807) is 12.1 Å². The molecule has 0 saturated heterocycles. The molecule has 33 heavy (non-hydrogen) atoms. The fourth-order valence-electron chi connectivity index (χ4n) is 4.71. The van der Waals surface area contributed by atoms with Gasteiger partial charge in [-0.05, 0) is 81.1 Å². The van der Waals surface area contributed by atoms with E-state index in [4.69, 9.17) is 4.98 Å². The highest BCUT2D eigenvalue weighted by Crippen LogP contribution is 2.28. The van der Waals surface area contributed by atoms with Gasteiger partial charge in [0, 0.05) is 12.1 Å². The Hall–Kier alpha value is -3.60. The molecule has 0 spiro atoms. The van der Waals surface area contributed by atoms with Gasteiger partial charge in [0.1, 0.15) is 11.6 Å². The van der Waals surface area contributed by atoms with Crippen molar-refractivity contribution < 1.29 is 9.90 Å². The zero-order chi connectivity index (χ0) is 23.7. The summed E-state index contributed by atoms with van der Waals surface area (Å²) >= 11 is 0. The van der Waals surface area contributed by atoms with Crippen LogP contribution in [0, 0.1) is 27.7 Å². The summed E-state index contributed by atoms with van der Waals surface area (Å²) in [6.45, 7) is 11.2. The summed E-state index contributed by atoms with van der Waals surface area (Å²) in [7, 11) is 0. The number of aromatic nitrogens is 2. The number of aryl methyl sites for hydroxylation is 4. The van der Waals surface area contributed by atoms with Crippen LogP contribution in [0.25, 0.3) is 16.7 Å². The lowest BCUT2D eigenvalue weighted by Crippen LogP contribution is -2.33. The second-order valence-electron chi connectivity index (χ2n) is 8.82. The highest BCUT2D eigenvalue weighted by Gasteiger charge is 2.23. The first-order chi connectivity index (χ1) is 15.8. The summed E-state index contributed by atoms with van der Waals surface area (Å²) in [6.07, 6.45) is 0.855. The van der Waals surface area contributed by atoms with Gasteiger partial charge in [0.15, 0.2) is 0 Å². The second kappa shape index (κ2) is 9.10. The number of nitrogens with zero attached hydrogens (tertiary/aromatic N) is 3. The number of aromatic hydroxyl groups is 1. The monoisotopic (exact) mass is 441 g/mol. The number of amides is 1. The number of phenolic OH excluding ortho intramolecular Hbond substituents is 1. The van der Waals surface area contributed by atoms with E-state index in [2.05, 4.69) is 30.5 Å². The summed E-state index contributed by atoms with van der Waals surface area (Å²) in [6, 6.07) is 17.5. The van der Waals surface area contributed by atoms with Crippen molar-refractivity contribution in [3.63, 3.8) is 0 Å². The Labute approximate surface area is 195 Å². The first-order valence-electron chi connectivity index (χ1n) is 11.4. The number of phenols is 1. The van der Waals surface area contributed by atoms with Crippen LogP contribution in [0.1, 0.15) is 51.8 Å². The number of imidazole rings is 1. The normalized spacial score (nSPS) is 11.2. The van der Waals surface area contributed by atoms with Crippen molar-refractivity contribution in [3.05, 3.63) is 88.2 Å². The number of carbonyl (C=O) groups is 1. The van der Waals surface area contributed by atoms with Gasteiger partial charge in [-0.3, -0.25) is 9.36 Å². The molecule has 0 fully saturated rings. The van der Waals surface area contributed by atoms with Gasteiger partial charge in [0.25, 0.3) is 5.91 Å². The van der Waals surface area contributed by atoms with Gasteiger partial charge in [-0.2, -0.15) is 0 Å². The predicted molar refractivity (Wildman–Crippen MR) is 133 cm³/mol. The SMILES string of the molecule is CCCN(Cc1nc2ccccc2n1-c1ccc(O)cc1C)C(=O)c1c(C)cc(C)cc1C. The summed E-state index contributed by atoms with van der Waals surface area (Å²) in [5.41, 5.74) is 7.69. The molecular weight excluding hydrogens is 410 g/mol. The Bertz CT molecular complexity index is 1310. The quantitative estimate of drug-likeness (QED) is 0.398. The standard InChI is InChI=1S/C28H31N3O2/c1-6-13-30(28(33)27-20(4)14-18(2)15-21(27)5)17-26-29-23-9-7-8-10-25(23)31(26)24-12-11-22(32)16-19(24)3/h7-12,14-16,32H,6,13,17H2,1-5H3. The first kappa shape index (κ1) is 22.6. The van der Waals surface area contributed by atoms with Gasteiger partial charge in [-0.25, -0.2) is 4.98 Å². The van der Waals surface area contributed by atoms with Gasteiger partial charge in [-0.1, -0.05) is 36.8 Å². The maximum atomic E-state index is 13.7. The Morgan fingerprint density at radius 3 is 2.33 bits per heavy atom. The predicted octanol–water partition coefficient (Wildman–Crippen LogP) is 6.02. The first-order valence-corrected chi connectivity index (χ1v) is 11.4. The molecule has 0 radical (unpaired) electrons. The Kier molecular flexibility index (Phi) is 6.23. The summed E-state index contributed by atoms with van der Waals surface area (Å²) in [5.74, 6) is 1.07. The zero-order valence-electron chi connectivity index (χ0n) is 20.0. The van der Waals surface area contributed by atoms with Gasteiger partial charge in [0.2, 0.25) is 0 Å². The van der Waals surface area contributed by atoms with Crippen LogP contribution >= 0.6 is 0 Å². The molecule has 0 saturated carbocycles. The van der Waals surface area contributed by atoms with Crippen LogP contribution in [0.15, 0.2) is 54.6 Å². The molecule has 5 nitrogen and oxygen atoms in total. The smallest absolute Gasteiger partial charge is 0.254 e.